The fourth-order valence-corrected chi connectivity index (χ4v) is 3.05. The van der Waals surface area contributed by atoms with Gasteiger partial charge in [0.2, 0.25) is 0 Å². The Bertz CT molecular complexity index is 756. The minimum atomic E-state index is 0.155. The molecule has 2 heterocycles. The number of aromatic nitrogens is 4. The van der Waals surface area contributed by atoms with Crippen LogP contribution in [0, 0.1) is 0 Å². The molecule has 0 spiro atoms. The number of aliphatic hydroxyl groups is 1. The minimum absolute atomic E-state index is 0.155. The number of nitrogens with zero attached hydrogens (tertiary/aromatic N) is 4. The molecule has 120 valence electrons. The number of rotatable bonds is 7. The Hall–Kier alpha value is -2.12. The van der Waals surface area contributed by atoms with Crippen molar-refractivity contribution in [2.75, 3.05) is 23.9 Å². The van der Waals surface area contributed by atoms with Gasteiger partial charge in [-0.25, -0.2) is 0 Å². The lowest BCUT2D eigenvalue weighted by atomic mass is 10.2. The number of benzene rings is 1. The average molecular weight is 329 g/mol. The highest BCUT2D eigenvalue weighted by atomic mass is 32.2. The molecule has 0 fully saturated rings. The van der Waals surface area contributed by atoms with Gasteiger partial charge in [0, 0.05) is 24.0 Å². The van der Waals surface area contributed by atoms with Crippen molar-refractivity contribution in [1.82, 2.24) is 19.8 Å². The van der Waals surface area contributed by atoms with Gasteiger partial charge in [-0.05, 0) is 24.8 Å². The van der Waals surface area contributed by atoms with E-state index in [0.717, 1.165) is 17.1 Å². The maximum absolute atomic E-state index is 9.18. The van der Waals surface area contributed by atoms with E-state index in [1.54, 1.807) is 16.3 Å². The minimum Gasteiger partial charge on any atom is -0.396 e. The molecule has 0 aliphatic heterocycles. The normalized spacial score (nSPS) is 12.4. The van der Waals surface area contributed by atoms with Gasteiger partial charge in [0.05, 0.1) is 0 Å². The zero-order valence-electron chi connectivity index (χ0n) is 12.9. The quantitative estimate of drug-likeness (QED) is 0.693. The summed E-state index contributed by atoms with van der Waals surface area (Å²) in [5.41, 5.74) is 1.68. The Labute approximate surface area is 138 Å². The van der Waals surface area contributed by atoms with Crippen LogP contribution < -0.4 is 5.32 Å². The molecule has 6 nitrogen and oxygen atoms in total. The third-order valence-corrected chi connectivity index (χ3v) is 4.23. The van der Waals surface area contributed by atoms with Gasteiger partial charge in [0.25, 0.3) is 0 Å². The van der Waals surface area contributed by atoms with Crippen molar-refractivity contribution in [3.8, 4) is 11.4 Å². The van der Waals surface area contributed by atoms with Crippen LogP contribution in [0.4, 0.5) is 5.82 Å². The van der Waals surface area contributed by atoms with Gasteiger partial charge in [-0.15, -0.1) is 15.3 Å². The van der Waals surface area contributed by atoms with Crippen LogP contribution in [0.15, 0.2) is 42.5 Å². The van der Waals surface area contributed by atoms with Gasteiger partial charge in [0.15, 0.2) is 11.5 Å². The van der Waals surface area contributed by atoms with Crippen molar-refractivity contribution < 1.29 is 5.11 Å². The molecule has 0 aliphatic carbocycles. The number of fused-ring (bicyclic) bond motifs is 1. The average Bonchev–Trinajstić information content (AvgIpc) is 2.99. The molecule has 0 radical (unpaired) electrons. The smallest absolute Gasteiger partial charge is 0.185 e. The molecule has 23 heavy (non-hydrogen) atoms. The molecule has 0 saturated heterocycles. The number of nitrogens with one attached hydrogen (secondary N) is 1. The molecule has 1 atom stereocenters. The monoisotopic (exact) mass is 329 g/mol. The highest BCUT2D eigenvalue weighted by Gasteiger charge is 2.12. The maximum atomic E-state index is 9.18. The topological polar surface area (TPSA) is 75.3 Å². The van der Waals surface area contributed by atoms with Crippen molar-refractivity contribution in [2.45, 2.75) is 12.5 Å². The van der Waals surface area contributed by atoms with Crippen LogP contribution >= 0.6 is 11.8 Å². The highest BCUT2D eigenvalue weighted by Crippen LogP contribution is 2.18. The van der Waals surface area contributed by atoms with Gasteiger partial charge in [-0.3, -0.25) is 0 Å². The van der Waals surface area contributed by atoms with E-state index in [4.69, 9.17) is 0 Å². The summed E-state index contributed by atoms with van der Waals surface area (Å²) >= 11 is 1.74. The van der Waals surface area contributed by atoms with Crippen LogP contribution in [0.2, 0.25) is 0 Å². The lowest BCUT2D eigenvalue weighted by Gasteiger charge is -2.17. The second-order valence-electron chi connectivity index (χ2n) is 5.19. The van der Waals surface area contributed by atoms with E-state index in [9.17, 15) is 5.11 Å². The Kier molecular flexibility index (Phi) is 5.09. The van der Waals surface area contributed by atoms with E-state index in [1.165, 1.54) is 0 Å². The Morgan fingerprint density at radius 1 is 1.17 bits per heavy atom. The summed E-state index contributed by atoms with van der Waals surface area (Å²) in [6.45, 7) is 0.155. The van der Waals surface area contributed by atoms with Crippen LogP contribution in [0.5, 0.6) is 0 Å². The van der Waals surface area contributed by atoms with Crippen molar-refractivity contribution >= 4 is 23.2 Å². The first kappa shape index (κ1) is 15.8. The van der Waals surface area contributed by atoms with E-state index in [0.29, 0.717) is 17.9 Å². The standard InChI is InChI=1S/C16H19N5OS/c1-23-11-13(9-10-22)17-14-7-8-15-18-19-16(21(15)20-14)12-5-3-2-4-6-12/h2-8,13,22H,9-11H2,1H3,(H,17,20). The summed E-state index contributed by atoms with van der Waals surface area (Å²) in [4.78, 5) is 0. The summed E-state index contributed by atoms with van der Waals surface area (Å²) in [5.74, 6) is 2.38. The Morgan fingerprint density at radius 3 is 2.74 bits per heavy atom. The lowest BCUT2D eigenvalue weighted by molar-refractivity contribution is 0.282. The number of aliphatic hydroxyl groups excluding tert-OH is 1. The SMILES string of the molecule is CSCC(CCO)Nc1ccc2nnc(-c3ccccc3)n2n1. The third-order valence-electron chi connectivity index (χ3n) is 3.49. The first-order chi connectivity index (χ1) is 11.3. The fourth-order valence-electron chi connectivity index (χ4n) is 2.40. The molecule has 0 saturated carbocycles. The molecule has 1 aromatic carbocycles. The molecule has 0 aliphatic rings. The summed E-state index contributed by atoms with van der Waals surface area (Å²) in [7, 11) is 0. The van der Waals surface area contributed by atoms with Gasteiger partial charge < -0.3 is 10.4 Å². The van der Waals surface area contributed by atoms with E-state index in [2.05, 4.69) is 26.9 Å². The predicted molar refractivity (Wildman–Crippen MR) is 93.7 cm³/mol. The molecule has 0 bridgehead atoms. The molecular formula is C16H19N5OS. The third kappa shape index (κ3) is 3.62. The molecule has 0 amide bonds. The number of thioether (sulfide) groups is 1. The summed E-state index contributed by atoms with van der Waals surface area (Å²) < 4.78 is 1.74. The van der Waals surface area contributed by atoms with E-state index >= 15 is 0 Å². The summed E-state index contributed by atoms with van der Waals surface area (Å²) in [6.07, 6.45) is 2.74. The van der Waals surface area contributed by atoms with Crippen LogP contribution in [-0.4, -0.2) is 49.6 Å². The van der Waals surface area contributed by atoms with Crippen LogP contribution in [0.3, 0.4) is 0 Å². The Balaban J connectivity index is 1.91. The van der Waals surface area contributed by atoms with Crippen molar-refractivity contribution in [3.05, 3.63) is 42.5 Å². The maximum Gasteiger partial charge on any atom is 0.185 e. The van der Waals surface area contributed by atoms with Crippen LogP contribution in [0.25, 0.3) is 17.0 Å². The second-order valence-corrected chi connectivity index (χ2v) is 6.10. The highest BCUT2D eigenvalue weighted by molar-refractivity contribution is 7.98. The van der Waals surface area contributed by atoms with E-state index in [-0.39, 0.29) is 12.6 Å². The first-order valence-electron chi connectivity index (χ1n) is 7.46. The largest absolute Gasteiger partial charge is 0.396 e. The Morgan fingerprint density at radius 2 is 2.00 bits per heavy atom. The summed E-state index contributed by atoms with van der Waals surface area (Å²) in [5, 5.41) is 25.6. The van der Waals surface area contributed by atoms with Gasteiger partial charge in [0.1, 0.15) is 5.82 Å². The second kappa shape index (κ2) is 7.43. The molecule has 2 N–H and O–H groups in total. The van der Waals surface area contributed by atoms with Crippen molar-refractivity contribution in [2.24, 2.45) is 0 Å². The number of hydrogen-bond acceptors (Lipinski definition) is 6. The fraction of sp³-hybridized carbons (Fsp3) is 0.312. The van der Waals surface area contributed by atoms with E-state index < -0.39 is 0 Å². The zero-order valence-corrected chi connectivity index (χ0v) is 13.7. The van der Waals surface area contributed by atoms with E-state index in [1.807, 2.05) is 42.5 Å². The van der Waals surface area contributed by atoms with Crippen molar-refractivity contribution in [3.63, 3.8) is 0 Å². The molecule has 7 heteroatoms. The molecule has 1 unspecified atom stereocenters. The molecule has 3 aromatic rings. The molecule has 3 rings (SSSR count). The predicted octanol–water partition coefficient (Wildman–Crippen LogP) is 2.32. The van der Waals surface area contributed by atoms with Gasteiger partial charge in [-0.2, -0.15) is 16.3 Å². The number of anilines is 1. The van der Waals surface area contributed by atoms with Gasteiger partial charge >= 0.3 is 0 Å². The molecule has 2 aromatic heterocycles. The van der Waals surface area contributed by atoms with Gasteiger partial charge in [-0.1, -0.05) is 30.3 Å². The molecular weight excluding hydrogens is 310 g/mol. The summed E-state index contributed by atoms with van der Waals surface area (Å²) in [6, 6.07) is 13.8. The first-order valence-corrected chi connectivity index (χ1v) is 8.85. The van der Waals surface area contributed by atoms with Crippen LogP contribution in [0.1, 0.15) is 6.42 Å². The lowest BCUT2D eigenvalue weighted by Crippen LogP contribution is -2.24. The van der Waals surface area contributed by atoms with Crippen LogP contribution in [-0.2, 0) is 0 Å². The van der Waals surface area contributed by atoms with Crippen molar-refractivity contribution in [1.29, 1.82) is 0 Å². The zero-order chi connectivity index (χ0) is 16.1. The number of hydrogen-bond donors (Lipinski definition) is 2.